The van der Waals surface area contributed by atoms with E-state index in [9.17, 15) is 4.79 Å². The van der Waals surface area contributed by atoms with Gasteiger partial charge in [0.05, 0.1) is 6.04 Å². The molecule has 0 aromatic carbocycles. The van der Waals surface area contributed by atoms with E-state index in [-0.39, 0.29) is 6.03 Å². The second-order valence-corrected chi connectivity index (χ2v) is 7.58. The van der Waals surface area contributed by atoms with E-state index in [0.29, 0.717) is 28.8 Å². The average Bonchev–Trinajstić information content (AvgIpc) is 2.69. The van der Waals surface area contributed by atoms with Crippen molar-refractivity contribution in [2.75, 3.05) is 27.2 Å². The SMILES string of the molecule is CN(C)C(=O)N1CCNC2C1C1CCC2(C)C1(C)C. The number of carbonyl (C=O) groups excluding carboxylic acids is 1. The molecule has 2 amide bonds. The summed E-state index contributed by atoms with van der Waals surface area (Å²) in [5.41, 5.74) is 0.651. The maximum Gasteiger partial charge on any atom is 0.319 e. The van der Waals surface area contributed by atoms with E-state index in [1.807, 2.05) is 14.1 Å². The molecule has 0 aromatic rings. The summed E-state index contributed by atoms with van der Waals surface area (Å²) in [7, 11) is 3.72. The van der Waals surface area contributed by atoms with Crippen molar-refractivity contribution in [1.82, 2.24) is 15.1 Å². The van der Waals surface area contributed by atoms with Crippen LogP contribution in [0.4, 0.5) is 4.79 Å². The average molecular weight is 265 g/mol. The number of hydrogen-bond acceptors (Lipinski definition) is 2. The van der Waals surface area contributed by atoms with E-state index in [1.165, 1.54) is 12.8 Å². The Morgan fingerprint density at radius 1 is 1.32 bits per heavy atom. The van der Waals surface area contributed by atoms with Gasteiger partial charge < -0.3 is 15.1 Å². The summed E-state index contributed by atoms with van der Waals surface area (Å²) in [6.45, 7) is 9.01. The Labute approximate surface area is 116 Å². The minimum absolute atomic E-state index is 0.184. The van der Waals surface area contributed by atoms with Crippen LogP contribution in [0.3, 0.4) is 0 Å². The number of nitrogens with one attached hydrogen (secondary N) is 1. The van der Waals surface area contributed by atoms with Crippen LogP contribution in [-0.2, 0) is 0 Å². The normalized spacial score (nSPS) is 43.2. The van der Waals surface area contributed by atoms with Gasteiger partial charge in [-0.1, -0.05) is 20.8 Å². The third-order valence-electron chi connectivity index (χ3n) is 6.52. The van der Waals surface area contributed by atoms with E-state index in [2.05, 4.69) is 31.0 Å². The van der Waals surface area contributed by atoms with Crippen molar-refractivity contribution in [2.24, 2.45) is 16.7 Å². The molecule has 0 spiro atoms. The minimum atomic E-state index is 0.184. The molecule has 3 rings (SSSR count). The van der Waals surface area contributed by atoms with Gasteiger partial charge in [0, 0.05) is 33.2 Å². The van der Waals surface area contributed by atoms with Crippen molar-refractivity contribution in [3.8, 4) is 0 Å². The van der Waals surface area contributed by atoms with Crippen molar-refractivity contribution >= 4 is 6.03 Å². The standard InChI is InChI=1S/C15H27N3O/c1-14(2)10-6-7-15(14,3)12-11(10)18(9-8-16-12)13(19)17(4)5/h10-12,16H,6-9H2,1-5H3. The van der Waals surface area contributed by atoms with Gasteiger partial charge >= 0.3 is 6.03 Å². The monoisotopic (exact) mass is 265 g/mol. The van der Waals surface area contributed by atoms with Gasteiger partial charge in [-0.15, -0.1) is 0 Å². The molecule has 4 nitrogen and oxygen atoms in total. The van der Waals surface area contributed by atoms with Crippen LogP contribution in [0.2, 0.25) is 0 Å². The van der Waals surface area contributed by atoms with Crippen LogP contribution in [-0.4, -0.2) is 55.1 Å². The zero-order chi connectivity index (χ0) is 14.0. The van der Waals surface area contributed by atoms with Gasteiger partial charge in [0.15, 0.2) is 0 Å². The third-order valence-corrected chi connectivity index (χ3v) is 6.52. The van der Waals surface area contributed by atoms with Crippen LogP contribution in [0.25, 0.3) is 0 Å². The number of hydrogen-bond donors (Lipinski definition) is 1. The smallest absolute Gasteiger partial charge is 0.319 e. The van der Waals surface area contributed by atoms with Gasteiger partial charge in [0.25, 0.3) is 0 Å². The molecule has 2 bridgehead atoms. The molecule has 3 fully saturated rings. The van der Waals surface area contributed by atoms with Gasteiger partial charge in [-0.3, -0.25) is 0 Å². The number of amides is 2. The fraction of sp³-hybridized carbons (Fsp3) is 0.933. The second kappa shape index (κ2) is 3.87. The number of urea groups is 1. The molecule has 0 aromatic heterocycles. The highest BCUT2D eigenvalue weighted by molar-refractivity contribution is 5.74. The molecule has 2 saturated carbocycles. The van der Waals surface area contributed by atoms with Gasteiger partial charge in [-0.05, 0) is 29.6 Å². The Hall–Kier alpha value is -0.770. The first kappa shape index (κ1) is 13.2. The Balaban J connectivity index is 1.97. The van der Waals surface area contributed by atoms with Crippen LogP contribution in [0.1, 0.15) is 33.6 Å². The van der Waals surface area contributed by atoms with Crippen LogP contribution < -0.4 is 5.32 Å². The van der Waals surface area contributed by atoms with E-state index in [4.69, 9.17) is 0 Å². The number of fused-ring (bicyclic) bond motifs is 5. The molecule has 4 atom stereocenters. The predicted octanol–water partition coefficient (Wildman–Crippen LogP) is 1.77. The largest absolute Gasteiger partial charge is 0.331 e. The molecule has 0 radical (unpaired) electrons. The molecular weight excluding hydrogens is 238 g/mol. The van der Waals surface area contributed by atoms with E-state index >= 15 is 0 Å². The minimum Gasteiger partial charge on any atom is -0.331 e. The van der Waals surface area contributed by atoms with E-state index in [0.717, 1.165) is 13.1 Å². The fourth-order valence-electron chi connectivity index (χ4n) is 5.04. The van der Waals surface area contributed by atoms with Crippen LogP contribution in [0.15, 0.2) is 0 Å². The maximum absolute atomic E-state index is 12.5. The second-order valence-electron chi connectivity index (χ2n) is 7.58. The summed E-state index contributed by atoms with van der Waals surface area (Å²) in [4.78, 5) is 16.3. The zero-order valence-corrected chi connectivity index (χ0v) is 12.9. The molecule has 1 heterocycles. The first-order valence-electron chi connectivity index (χ1n) is 7.52. The predicted molar refractivity (Wildman–Crippen MR) is 76.0 cm³/mol. The third kappa shape index (κ3) is 1.47. The van der Waals surface area contributed by atoms with Gasteiger partial charge in [0.2, 0.25) is 0 Å². The Morgan fingerprint density at radius 3 is 2.63 bits per heavy atom. The van der Waals surface area contributed by atoms with E-state index in [1.54, 1.807) is 4.90 Å². The molecule has 4 unspecified atom stereocenters. The summed E-state index contributed by atoms with van der Waals surface area (Å²) >= 11 is 0. The molecular formula is C15H27N3O. The number of rotatable bonds is 0. The maximum atomic E-state index is 12.5. The topological polar surface area (TPSA) is 35.6 Å². The summed E-state index contributed by atoms with van der Waals surface area (Å²) in [5.74, 6) is 0.638. The van der Waals surface area contributed by atoms with Gasteiger partial charge in [0.1, 0.15) is 0 Å². The van der Waals surface area contributed by atoms with Crippen LogP contribution >= 0.6 is 0 Å². The molecule has 108 valence electrons. The number of nitrogens with zero attached hydrogens (tertiary/aromatic N) is 2. The lowest BCUT2D eigenvalue weighted by Crippen LogP contribution is -2.64. The Kier molecular flexibility index (Phi) is 2.70. The molecule has 1 aliphatic heterocycles. The van der Waals surface area contributed by atoms with Gasteiger partial charge in [-0.2, -0.15) is 0 Å². The van der Waals surface area contributed by atoms with Crippen LogP contribution in [0, 0.1) is 16.7 Å². The van der Waals surface area contributed by atoms with Crippen LogP contribution in [0.5, 0.6) is 0 Å². The highest BCUT2D eigenvalue weighted by atomic mass is 16.2. The zero-order valence-electron chi connectivity index (χ0n) is 12.9. The molecule has 1 N–H and O–H groups in total. The molecule has 2 aliphatic carbocycles. The Bertz CT molecular complexity index is 406. The number of piperazine rings is 1. The molecule has 3 aliphatic rings. The number of carbonyl (C=O) groups is 1. The first-order chi connectivity index (χ1) is 8.80. The van der Waals surface area contributed by atoms with Crippen molar-refractivity contribution in [3.63, 3.8) is 0 Å². The highest BCUT2D eigenvalue weighted by Gasteiger charge is 2.68. The Morgan fingerprint density at radius 2 is 2.00 bits per heavy atom. The molecule has 19 heavy (non-hydrogen) atoms. The summed E-state index contributed by atoms with van der Waals surface area (Å²) in [6, 6.07) is 1.04. The van der Waals surface area contributed by atoms with Gasteiger partial charge in [-0.25, -0.2) is 4.79 Å². The van der Waals surface area contributed by atoms with Crippen molar-refractivity contribution in [3.05, 3.63) is 0 Å². The summed E-state index contributed by atoms with van der Waals surface area (Å²) < 4.78 is 0. The lowest BCUT2D eigenvalue weighted by Gasteiger charge is -2.47. The lowest BCUT2D eigenvalue weighted by molar-refractivity contribution is 0.0650. The first-order valence-corrected chi connectivity index (χ1v) is 7.52. The van der Waals surface area contributed by atoms with Crippen molar-refractivity contribution < 1.29 is 4.79 Å². The van der Waals surface area contributed by atoms with E-state index < -0.39 is 0 Å². The molecule has 4 heteroatoms. The van der Waals surface area contributed by atoms with Crippen molar-refractivity contribution in [2.45, 2.75) is 45.7 Å². The fourth-order valence-corrected chi connectivity index (χ4v) is 5.04. The summed E-state index contributed by atoms with van der Waals surface area (Å²) in [6.07, 6.45) is 2.56. The summed E-state index contributed by atoms with van der Waals surface area (Å²) in [5, 5.41) is 3.72. The quantitative estimate of drug-likeness (QED) is 0.724. The lowest BCUT2D eigenvalue weighted by atomic mass is 9.69. The molecule has 1 saturated heterocycles. The van der Waals surface area contributed by atoms with Crippen molar-refractivity contribution in [1.29, 1.82) is 0 Å². The highest BCUT2D eigenvalue weighted by Crippen LogP contribution is 2.66.